The van der Waals surface area contributed by atoms with E-state index in [0.717, 1.165) is 24.0 Å². The summed E-state index contributed by atoms with van der Waals surface area (Å²) in [7, 11) is -3.97. The summed E-state index contributed by atoms with van der Waals surface area (Å²) in [5, 5.41) is 14.4. The fourth-order valence-corrected chi connectivity index (χ4v) is 6.82. The van der Waals surface area contributed by atoms with Crippen molar-refractivity contribution in [3.05, 3.63) is 95.6 Å². The Labute approximate surface area is 271 Å². The Morgan fingerprint density at radius 1 is 0.978 bits per heavy atom. The predicted octanol–water partition coefficient (Wildman–Crippen LogP) is 4.60. The van der Waals surface area contributed by atoms with E-state index in [1.54, 1.807) is 48.5 Å². The molecule has 0 aromatic heterocycles. The number of Topliss-reactive ketones (excluding diaryl/α,β-unsaturated/α-hetero) is 1. The standard InChI is InChI=1S/C35H43N3O7S/c1-5-24(3)21-37(46(43,44)30-18-12-26(6-2)13-19-30)22-32(40)31(20-27-10-8-7-9-11-27)36-34(41)33-23-38(35(42)45-33)29-16-14-28(15-17-29)25(4)39/h7-19,24,31-33,40H,5-6,20-23H2,1-4H3,(H,36,41)/t24-,31-,32+,33-/m0/s1. The fourth-order valence-electron chi connectivity index (χ4n) is 5.24. The van der Waals surface area contributed by atoms with E-state index >= 15 is 0 Å². The first-order chi connectivity index (χ1) is 21.9. The maximum atomic E-state index is 13.8. The number of sulfonamides is 1. The Morgan fingerprint density at radius 2 is 1.63 bits per heavy atom. The molecule has 2 amide bonds. The SMILES string of the molecule is CCc1ccc(S(=O)(=O)N(C[C@@H](C)CC)C[C@@H](O)[C@H](Cc2ccccc2)NC(=O)[C@@H]2CN(c3ccc(C(C)=O)cc3)C(=O)O2)cc1. The summed E-state index contributed by atoms with van der Waals surface area (Å²) in [6, 6.07) is 21.5. The Morgan fingerprint density at radius 3 is 2.22 bits per heavy atom. The average molecular weight is 650 g/mol. The Bertz CT molecular complexity index is 1600. The molecule has 4 atom stereocenters. The van der Waals surface area contributed by atoms with Crippen molar-refractivity contribution in [2.75, 3.05) is 24.5 Å². The van der Waals surface area contributed by atoms with Gasteiger partial charge in [0, 0.05) is 24.3 Å². The zero-order valence-electron chi connectivity index (χ0n) is 26.8. The number of anilines is 1. The van der Waals surface area contributed by atoms with Gasteiger partial charge in [0.25, 0.3) is 5.91 Å². The lowest BCUT2D eigenvalue weighted by Crippen LogP contribution is -2.53. The summed E-state index contributed by atoms with van der Waals surface area (Å²) in [4.78, 5) is 39.3. The van der Waals surface area contributed by atoms with Crippen LogP contribution in [0.1, 0.15) is 55.6 Å². The number of cyclic esters (lactones) is 1. The zero-order valence-corrected chi connectivity index (χ0v) is 27.6. The molecule has 0 unspecified atom stereocenters. The summed E-state index contributed by atoms with van der Waals surface area (Å²) in [6.45, 7) is 7.24. The first kappa shape index (κ1) is 34.8. The molecule has 3 aromatic rings. The van der Waals surface area contributed by atoms with Crippen LogP contribution in [0.4, 0.5) is 10.5 Å². The third kappa shape index (κ3) is 8.60. The van der Waals surface area contributed by atoms with Gasteiger partial charge in [-0.3, -0.25) is 14.5 Å². The molecule has 2 N–H and O–H groups in total. The van der Waals surface area contributed by atoms with Crippen molar-refractivity contribution in [1.82, 2.24) is 9.62 Å². The van der Waals surface area contributed by atoms with Crippen molar-refractivity contribution in [2.45, 2.75) is 70.1 Å². The van der Waals surface area contributed by atoms with Crippen LogP contribution >= 0.6 is 0 Å². The van der Waals surface area contributed by atoms with Gasteiger partial charge in [0.05, 0.1) is 23.6 Å². The van der Waals surface area contributed by atoms with Crippen LogP contribution < -0.4 is 10.2 Å². The molecule has 0 aliphatic carbocycles. The van der Waals surface area contributed by atoms with E-state index in [1.165, 1.54) is 16.1 Å². The van der Waals surface area contributed by atoms with Crippen LogP contribution in [0.15, 0.2) is 83.8 Å². The summed E-state index contributed by atoms with van der Waals surface area (Å²) in [6.07, 6.45) is -1.44. The van der Waals surface area contributed by atoms with Gasteiger partial charge in [0.15, 0.2) is 11.9 Å². The van der Waals surface area contributed by atoms with Gasteiger partial charge in [-0.15, -0.1) is 0 Å². The molecule has 1 heterocycles. The minimum atomic E-state index is -3.97. The van der Waals surface area contributed by atoms with Crippen molar-refractivity contribution >= 4 is 33.5 Å². The number of hydrogen-bond acceptors (Lipinski definition) is 7. The molecule has 246 valence electrons. The minimum absolute atomic E-state index is 0.0208. The number of carbonyl (C=O) groups excluding carboxylic acids is 3. The maximum absolute atomic E-state index is 13.8. The molecule has 1 aliphatic rings. The van der Waals surface area contributed by atoms with E-state index in [-0.39, 0.29) is 42.7 Å². The molecule has 1 saturated heterocycles. The highest BCUT2D eigenvalue weighted by Gasteiger charge is 2.39. The zero-order chi connectivity index (χ0) is 33.4. The highest BCUT2D eigenvalue weighted by atomic mass is 32.2. The van der Waals surface area contributed by atoms with E-state index in [9.17, 15) is 27.9 Å². The highest BCUT2D eigenvalue weighted by Crippen LogP contribution is 2.24. The molecule has 46 heavy (non-hydrogen) atoms. The lowest BCUT2D eigenvalue weighted by molar-refractivity contribution is -0.129. The van der Waals surface area contributed by atoms with E-state index in [0.29, 0.717) is 11.3 Å². The Balaban J connectivity index is 1.55. The Hall–Kier alpha value is -4.06. The number of rotatable bonds is 15. The molecule has 0 spiro atoms. The molecular weight excluding hydrogens is 606 g/mol. The van der Waals surface area contributed by atoms with Gasteiger partial charge in [0.1, 0.15) is 0 Å². The number of aryl methyl sites for hydroxylation is 1. The second-order valence-corrected chi connectivity index (χ2v) is 13.7. The van der Waals surface area contributed by atoms with Crippen molar-refractivity contribution < 1.29 is 32.6 Å². The molecule has 0 saturated carbocycles. The lowest BCUT2D eigenvalue weighted by Gasteiger charge is -2.31. The van der Waals surface area contributed by atoms with Crippen LogP contribution in [-0.2, 0) is 32.4 Å². The maximum Gasteiger partial charge on any atom is 0.415 e. The number of ketones is 1. The van der Waals surface area contributed by atoms with Crippen LogP contribution in [0.5, 0.6) is 0 Å². The van der Waals surface area contributed by atoms with E-state index < -0.39 is 40.3 Å². The predicted molar refractivity (Wildman–Crippen MR) is 176 cm³/mol. The number of carbonyl (C=O) groups is 3. The number of nitrogens with one attached hydrogen (secondary N) is 1. The second-order valence-electron chi connectivity index (χ2n) is 11.8. The van der Waals surface area contributed by atoms with Crippen LogP contribution in [0.25, 0.3) is 0 Å². The van der Waals surface area contributed by atoms with Crippen molar-refractivity contribution in [2.24, 2.45) is 5.92 Å². The van der Waals surface area contributed by atoms with Crippen LogP contribution in [0, 0.1) is 5.92 Å². The van der Waals surface area contributed by atoms with Gasteiger partial charge in [-0.1, -0.05) is 69.7 Å². The van der Waals surface area contributed by atoms with Crippen molar-refractivity contribution in [3.8, 4) is 0 Å². The van der Waals surface area contributed by atoms with Crippen LogP contribution in [-0.4, -0.2) is 73.5 Å². The minimum Gasteiger partial charge on any atom is -0.434 e. The molecule has 10 nitrogen and oxygen atoms in total. The smallest absolute Gasteiger partial charge is 0.415 e. The summed E-state index contributed by atoms with van der Waals surface area (Å²) < 4.78 is 34.4. The van der Waals surface area contributed by atoms with Gasteiger partial charge in [-0.25, -0.2) is 13.2 Å². The lowest BCUT2D eigenvalue weighted by atomic mass is 10.0. The quantitative estimate of drug-likeness (QED) is 0.230. The van der Waals surface area contributed by atoms with Crippen LogP contribution in [0.3, 0.4) is 0 Å². The van der Waals surface area contributed by atoms with Gasteiger partial charge >= 0.3 is 6.09 Å². The summed E-state index contributed by atoms with van der Waals surface area (Å²) in [5.41, 5.74) is 2.81. The number of aliphatic hydroxyl groups is 1. The van der Waals surface area contributed by atoms with Crippen molar-refractivity contribution in [1.29, 1.82) is 0 Å². The highest BCUT2D eigenvalue weighted by molar-refractivity contribution is 7.89. The molecule has 3 aromatic carbocycles. The molecule has 0 bridgehead atoms. The average Bonchev–Trinajstić information content (AvgIpc) is 3.45. The van der Waals surface area contributed by atoms with Gasteiger partial charge in [-0.2, -0.15) is 4.31 Å². The number of hydrogen-bond donors (Lipinski definition) is 2. The van der Waals surface area contributed by atoms with Crippen LogP contribution in [0.2, 0.25) is 0 Å². The number of benzene rings is 3. The summed E-state index contributed by atoms with van der Waals surface area (Å²) >= 11 is 0. The topological polar surface area (TPSA) is 133 Å². The number of amides is 2. The first-order valence-electron chi connectivity index (χ1n) is 15.6. The first-order valence-corrected chi connectivity index (χ1v) is 17.1. The monoisotopic (exact) mass is 649 g/mol. The van der Waals surface area contributed by atoms with Gasteiger partial charge < -0.3 is 15.2 Å². The summed E-state index contributed by atoms with van der Waals surface area (Å²) in [5.74, 6) is -0.698. The van der Waals surface area contributed by atoms with Crippen molar-refractivity contribution in [3.63, 3.8) is 0 Å². The third-order valence-electron chi connectivity index (χ3n) is 8.35. The third-order valence-corrected chi connectivity index (χ3v) is 10.2. The Kier molecular flexibility index (Phi) is 11.7. The van der Waals surface area contributed by atoms with Gasteiger partial charge in [0.2, 0.25) is 10.0 Å². The molecule has 1 fully saturated rings. The normalized spacial score (nSPS) is 17.0. The van der Waals surface area contributed by atoms with E-state index in [1.807, 2.05) is 51.1 Å². The molecule has 11 heteroatoms. The second kappa shape index (κ2) is 15.5. The van der Waals surface area contributed by atoms with E-state index in [2.05, 4.69) is 5.32 Å². The molecule has 0 radical (unpaired) electrons. The number of nitrogens with zero attached hydrogens (tertiary/aromatic N) is 2. The molecule has 1 aliphatic heterocycles. The largest absolute Gasteiger partial charge is 0.434 e. The number of aliphatic hydroxyl groups excluding tert-OH is 1. The number of ether oxygens (including phenoxy) is 1. The molecule has 4 rings (SSSR count). The fraction of sp³-hybridized carbons (Fsp3) is 0.400. The van der Waals surface area contributed by atoms with E-state index in [4.69, 9.17) is 4.74 Å². The van der Waals surface area contributed by atoms with Gasteiger partial charge in [-0.05, 0) is 73.2 Å². The molecular formula is C35H43N3O7S.